The molecule has 10 nitrogen and oxygen atoms in total. The zero-order chi connectivity index (χ0) is 30.1. The number of pyridine rings is 2. The van der Waals surface area contributed by atoms with Crippen molar-refractivity contribution in [3.05, 3.63) is 89.4 Å². The summed E-state index contributed by atoms with van der Waals surface area (Å²) in [5.41, 5.74) is 3.97. The van der Waals surface area contributed by atoms with Crippen LogP contribution in [0.15, 0.2) is 72.0 Å². The summed E-state index contributed by atoms with van der Waals surface area (Å²) in [6, 6.07) is 15.2. The van der Waals surface area contributed by atoms with Crippen LogP contribution in [0.2, 0.25) is 0 Å². The number of nitrogens with one attached hydrogen (secondary N) is 1. The van der Waals surface area contributed by atoms with Crippen molar-refractivity contribution in [3.8, 4) is 17.1 Å². The molecule has 0 fully saturated rings. The quantitative estimate of drug-likeness (QED) is 0.346. The fourth-order valence-electron chi connectivity index (χ4n) is 5.10. The summed E-state index contributed by atoms with van der Waals surface area (Å²) in [4.78, 5) is 33.2. The van der Waals surface area contributed by atoms with E-state index >= 15 is 0 Å². The van der Waals surface area contributed by atoms with E-state index < -0.39 is 22.0 Å². The van der Waals surface area contributed by atoms with Crippen LogP contribution in [0.4, 0.5) is 5.95 Å². The van der Waals surface area contributed by atoms with E-state index in [2.05, 4.69) is 45.4 Å². The van der Waals surface area contributed by atoms with Gasteiger partial charge in [0, 0.05) is 30.6 Å². The van der Waals surface area contributed by atoms with Gasteiger partial charge in [-0.05, 0) is 60.6 Å². The molecule has 1 aliphatic heterocycles. The first kappa shape index (κ1) is 29.1. The Kier molecular flexibility index (Phi) is 7.96. The van der Waals surface area contributed by atoms with Gasteiger partial charge in [-0.25, -0.2) is 14.7 Å². The van der Waals surface area contributed by atoms with Gasteiger partial charge in [-0.3, -0.25) is 9.78 Å². The number of carbonyl (C=O) groups excluding carboxylic acids is 1. The maximum absolute atomic E-state index is 14.1. The number of amides is 1. The topological polar surface area (TPSA) is 127 Å². The molecule has 1 aromatic carbocycles. The van der Waals surface area contributed by atoms with E-state index in [9.17, 15) is 13.2 Å². The first-order valence-electron chi connectivity index (χ1n) is 13.7. The molecule has 42 heavy (non-hydrogen) atoms. The number of anilines is 1. The van der Waals surface area contributed by atoms with E-state index in [-0.39, 0.29) is 41.1 Å². The Balaban J connectivity index is 1.68. The lowest BCUT2D eigenvalue weighted by molar-refractivity contribution is 0.0506. The summed E-state index contributed by atoms with van der Waals surface area (Å²) in [6.07, 6.45) is 3.97. The molecule has 1 aliphatic rings. The van der Waals surface area contributed by atoms with E-state index in [0.717, 1.165) is 22.3 Å². The van der Waals surface area contributed by atoms with Gasteiger partial charge in [-0.2, -0.15) is 13.4 Å². The molecular weight excluding hydrogens is 552 g/mol. The number of sulfonamides is 1. The lowest BCUT2D eigenvalue weighted by atomic mass is 9.87. The predicted molar refractivity (Wildman–Crippen MR) is 159 cm³/mol. The van der Waals surface area contributed by atoms with Gasteiger partial charge in [0.1, 0.15) is 12.3 Å². The molecule has 1 amide bonds. The highest BCUT2D eigenvalue weighted by atomic mass is 32.2. The molecule has 0 unspecified atom stereocenters. The fourth-order valence-corrected chi connectivity index (χ4v) is 6.01. The highest BCUT2D eigenvalue weighted by Crippen LogP contribution is 2.31. The third-order valence-corrected chi connectivity index (χ3v) is 8.16. The molecule has 5 rings (SSSR count). The third kappa shape index (κ3) is 6.57. The van der Waals surface area contributed by atoms with Crippen LogP contribution in [0.3, 0.4) is 0 Å². The second-order valence-corrected chi connectivity index (χ2v) is 13.3. The summed E-state index contributed by atoms with van der Waals surface area (Å²) in [6.45, 7) is 10.6. The van der Waals surface area contributed by atoms with E-state index in [0.29, 0.717) is 12.1 Å². The van der Waals surface area contributed by atoms with Crippen LogP contribution in [0.1, 0.15) is 54.4 Å². The molecule has 11 heteroatoms. The van der Waals surface area contributed by atoms with E-state index in [1.165, 1.54) is 18.2 Å². The summed E-state index contributed by atoms with van der Waals surface area (Å²) in [5.74, 6) is -0.378. The molecular formula is C31H34N6O4S. The first-order chi connectivity index (χ1) is 19.9. The lowest BCUT2D eigenvalue weighted by Crippen LogP contribution is -2.45. The molecule has 4 heterocycles. The van der Waals surface area contributed by atoms with Crippen molar-refractivity contribution in [2.75, 3.05) is 11.3 Å². The molecule has 0 saturated heterocycles. The predicted octanol–water partition coefficient (Wildman–Crippen LogP) is 5.19. The van der Waals surface area contributed by atoms with Crippen LogP contribution in [0, 0.1) is 19.3 Å². The standard InChI is InChI=1S/C31H34N6O4S/c1-20-9-6-10-21(2)28(20)25-15-26-35-30(34-25)36-42(39,40)27-13-7-12-24(33-27)29(38)37(18-22-11-8-14-32-17-22)23(19-41-26)16-31(3,4)5/h6-15,17,23H,16,18-19H2,1-5H3,(H,34,35,36)/t23-/m1/s1. The summed E-state index contributed by atoms with van der Waals surface area (Å²) < 4.78 is 35.6. The Hall–Kier alpha value is -4.38. The smallest absolute Gasteiger partial charge is 0.281 e. The average Bonchev–Trinajstić information content (AvgIpc) is 2.93. The van der Waals surface area contributed by atoms with Crippen molar-refractivity contribution >= 4 is 21.9 Å². The number of hydrogen-bond acceptors (Lipinski definition) is 8. The second-order valence-electron chi connectivity index (χ2n) is 11.7. The molecule has 0 spiro atoms. The Morgan fingerprint density at radius 3 is 2.40 bits per heavy atom. The second kappa shape index (κ2) is 11.5. The van der Waals surface area contributed by atoms with E-state index in [1.807, 2.05) is 44.2 Å². The van der Waals surface area contributed by atoms with Crippen molar-refractivity contribution in [1.29, 1.82) is 0 Å². The largest absolute Gasteiger partial charge is 0.475 e. The van der Waals surface area contributed by atoms with Gasteiger partial charge >= 0.3 is 0 Å². The van der Waals surface area contributed by atoms with E-state index in [1.54, 1.807) is 23.4 Å². The number of carbonyl (C=O) groups is 1. The number of benzene rings is 1. The monoisotopic (exact) mass is 586 g/mol. The number of aryl methyl sites for hydroxylation is 2. The minimum absolute atomic E-state index is 0.00349. The molecule has 4 bridgehead atoms. The molecule has 3 aromatic heterocycles. The van der Waals surface area contributed by atoms with Crippen molar-refractivity contribution in [2.24, 2.45) is 5.41 Å². The zero-order valence-corrected chi connectivity index (χ0v) is 25.1. The van der Waals surface area contributed by atoms with Crippen LogP contribution in [-0.4, -0.2) is 51.8 Å². The van der Waals surface area contributed by atoms with Crippen molar-refractivity contribution < 1.29 is 17.9 Å². The fraction of sp³-hybridized carbons (Fsp3) is 0.323. The van der Waals surface area contributed by atoms with Gasteiger partial charge in [0.15, 0.2) is 5.03 Å². The summed E-state index contributed by atoms with van der Waals surface area (Å²) >= 11 is 0. The normalized spacial score (nSPS) is 16.8. The van der Waals surface area contributed by atoms with Crippen LogP contribution >= 0.6 is 0 Å². The lowest BCUT2D eigenvalue weighted by Gasteiger charge is -2.35. The van der Waals surface area contributed by atoms with E-state index in [4.69, 9.17) is 4.74 Å². The molecule has 0 radical (unpaired) electrons. The number of nitrogens with zero attached hydrogens (tertiary/aromatic N) is 5. The molecule has 0 aliphatic carbocycles. The number of fused-ring (bicyclic) bond motifs is 4. The Labute approximate surface area is 246 Å². The third-order valence-electron chi connectivity index (χ3n) is 6.93. The minimum atomic E-state index is -4.24. The Morgan fingerprint density at radius 2 is 1.71 bits per heavy atom. The van der Waals surface area contributed by atoms with Gasteiger partial charge in [-0.1, -0.05) is 51.1 Å². The zero-order valence-electron chi connectivity index (χ0n) is 24.3. The van der Waals surface area contributed by atoms with Crippen LogP contribution in [0.25, 0.3) is 11.3 Å². The number of hydrogen-bond donors (Lipinski definition) is 1. The van der Waals surface area contributed by atoms with Gasteiger partial charge < -0.3 is 9.64 Å². The van der Waals surface area contributed by atoms with Gasteiger partial charge in [0.2, 0.25) is 11.8 Å². The Morgan fingerprint density at radius 1 is 0.976 bits per heavy atom. The number of aromatic nitrogens is 4. The molecule has 1 N–H and O–H groups in total. The maximum atomic E-state index is 14.1. The molecule has 4 aromatic rings. The summed E-state index contributed by atoms with van der Waals surface area (Å²) in [7, 11) is -4.24. The highest BCUT2D eigenvalue weighted by Gasteiger charge is 2.32. The minimum Gasteiger partial charge on any atom is -0.475 e. The number of rotatable bonds is 4. The van der Waals surface area contributed by atoms with Crippen molar-refractivity contribution in [2.45, 2.75) is 58.7 Å². The maximum Gasteiger partial charge on any atom is 0.281 e. The molecule has 218 valence electrons. The number of ether oxygens (including phenoxy) is 1. The van der Waals surface area contributed by atoms with Gasteiger partial charge in [0.05, 0.1) is 11.7 Å². The van der Waals surface area contributed by atoms with Crippen LogP contribution < -0.4 is 9.46 Å². The van der Waals surface area contributed by atoms with Crippen LogP contribution in [0.5, 0.6) is 5.88 Å². The van der Waals surface area contributed by atoms with Crippen molar-refractivity contribution in [1.82, 2.24) is 24.8 Å². The SMILES string of the molecule is Cc1cccc(C)c1-c1cc2nc(n1)NS(=O)(=O)c1cccc(n1)C(=O)N(Cc1cccnc1)[C@H](CC(C)(C)C)CO2. The molecule has 0 saturated carbocycles. The summed E-state index contributed by atoms with van der Waals surface area (Å²) in [5, 5.41) is -0.315. The first-order valence-corrected chi connectivity index (χ1v) is 15.2. The highest BCUT2D eigenvalue weighted by molar-refractivity contribution is 7.92. The molecule has 1 atom stereocenters. The van der Waals surface area contributed by atoms with Gasteiger partial charge in [-0.15, -0.1) is 0 Å². The van der Waals surface area contributed by atoms with Crippen LogP contribution in [-0.2, 0) is 16.6 Å². The Bertz CT molecular complexity index is 1700. The van der Waals surface area contributed by atoms with Gasteiger partial charge in [0.25, 0.3) is 15.9 Å². The van der Waals surface area contributed by atoms with Crippen molar-refractivity contribution in [3.63, 3.8) is 0 Å². The average molecular weight is 587 g/mol.